The highest BCUT2D eigenvalue weighted by atomic mass is 16.1. The van der Waals surface area contributed by atoms with Crippen LogP contribution in [0.1, 0.15) is 23.9 Å². The van der Waals surface area contributed by atoms with Gasteiger partial charge in [-0.1, -0.05) is 6.07 Å². The van der Waals surface area contributed by atoms with Gasteiger partial charge in [0.2, 0.25) is 0 Å². The van der Waals surface area contributed by atoms with Crippen LogP contribution in [0.15, 0.2) is 16.9 Å². The Kier molecular flexibility index (Phi) is 2.54. The summed E-state index contributed by atoms with van der Waals surface area (Å²) >= 11 is 0. The smallest absolute Gasteiger partial charge is 0.261 e. The minimum atomic E-state index is 0.0752. The monoisotopic (exact) mass is 216 g/mol. The Balaban J connectivity index is 3.01. The van der Waals surface area contributed by atoms with E-state index < -0.39 is 0 Å². The SMILES string of the molecule is CCn1c(C)nc2ccc(C)c(C)c2c1=O. The molecule has 0 aliphatic rings. The molecule has 3 heteroatoms. The van der Waals surface area contributed by atoms with E-state index in [1.807, 2.05) is 39.8 Å². The lowest BCUT2D eigenvalue weighted by molar-refractivity contribution is 0.685. The highest BCUT2D eigenvalue weighted by Gasteiger charge is 2.09. The first-order valence-electron chi connectivity index (χ1n) is 5.53. The molecule has 0 amide bonds. The van der Waals surface area contributed by atoms with E-state index in [1.165, 1.54) is 0 Å². The molecule has 84 valence electrons. The van der Waals surface area contributed by atoms with Crippen LogP contribution in [0, 0.1) is 20.8 Å². The summed E-state index contributed by atoms with van der Waals surface area (Å²) in [5.74, 6) is 0.781. The molecule has 2 aromatic rings. The Hall–Kier alpha value is -1.64. The largest absolute Gasteiger partial charge is 0.297 e. The average Bonchev–Trinajstić information content (AvgIpc) is 2.24. The Morgan fingerprint density at radius 3 is 2.56 bits per heavy atom. The molecule has 0 spiro atoms. The summed E-state index contributed by atoms with van der Waals surface area (Å²) in [5.41, 5.74) is 3.05. The first kappa shape index (κ1) is 10.9. The lowest BCUT2D eigenvalue weighted by atomic mass is 10.1. The van der Waals surface area contributed by atoms with E-state index in [9.17, 15) is 4.79 Å². The molecule has 3 nitrogen and oxygen atoms in total. The Morgan fingerprint density at radius 2 is 1.94 bits per heavy atom. The first-order chi connectivity index (χ1) is 7.56. The molecule has 0 atom stereocenters. The first-order valence-corrected chi connectivity index (χ1v) is 5.53. The van der Waals surface area contributed by atoms with Crippen molar-refractivity contribution in [2.45, 2.75) is 34.2 Å². The molecule has 2 rings (SSSR count). The number of rotatable bonds is 1. The Bertz CT molecular complexity index is 611. The van der Waals surface area contributed by atoms with Gasteiger partial charge in [0, 0.05) is 6.54 Å². The Morgan fingerprint density at radius 1 is 1.25 bits per heavy atom. The molecule has 1 aromatic heterocycles. The standard InChI is InChI=1S/C13H16N2O/c1-5-15-10(4)14-11-7-6-8(2)9(3)12(11)13(15)16/h6-7H,5H2,1-4H3. The number of aryl methyl sites for hydroxylation is 3. The summed E-state index contributed by atoms with van der Waals surface area (Å²) in [4.78, 5) is 16.7. The van der Waals surface area contributed by atoms with Crippen LogP contribution in [0.3, 0.4) is 0 Å². The van der Waals surface area contributed by atoms with E-state index in [-0.39, 0.29) is 5.56 Å². The summed E-state index contributed by atoms with van der Waals surface area (Å²) in [7, 11) is 0. The highest BCUT2D eigenvalue weighted by molar-refractivity contribution is 5.82. The lowest BCUT2D eigenvalue weighted by Gasteiger charge is -2.10. The number of hydrogen-bond acceptors (Lipinski definition) is 2. The maximum absolute atomic E-state index is 12.3. The van der Waals surface area contributed by atoms with E-state index in [2.05, 4.69) is 4.98 Å². The molecular weight excluding hydrogens is 200 g/mol. The zero-order valence-corrected chi connectivity index (χ0v) is 10.2. The molecule has 0 saturated heterocycles. The van der Waals surface area contributed by atoms with Gasteiger partial charge in [0.1, 0.15) is 5.82 Å². The quantitative estimate of drug-likeness (QED) is 0.733. The van der Waals surface area contributed by atoms with Crippen LogP contribution in [0.4, 0.5) is 0 Å². The lowest BCUT2D eigenvalue weighted by Crippen LogP contribution is -2.23. The predicted molar refractivity (Wildman–Crippen MR) is 65.9 cm³/mol. The van der Waals surface area contributed by atoms with Gasteiger partial charge < -0.3 is 0 Å². The van der Waals surface area contributed by atoms with Gasteiger partial charge in [0.25, 0.3) is 5.56 Å². The summed E-state index contributed by atoms with van der Waals surface area (Å²) in [6.45, 7) is 8.51. The molecule has 0 N–H and O–H groups in total. The minimum absolute atomic E-state index is 0.0752. The molecule has 0 fully saturated rings. The number of fused-ring (bicyclic) bond motifs is 1. The van der Waals surface area contributed by atoms with Gasteiger partial charge in [-0.15, -0.1) is 0 Å². The molecule has 0 bridgehead atoms. The van der Waals surface area contributed by atoms with Crippen LogP contribution in [0.5, 0.6) is 0 Å². The van der Waals surface area contributed by atoms with Crippen molar-refractivity contribution in [1.82, 2.24) is 9.55 Å². The van der Waals surface area contributed by atoms with Gasteiger partial charge in [-0.3, -0.25) is 9.36 Å². The van der Waals surface area contributed by atoms with E-state index in [1.54, 1.807) is 4.57 Å². The van der Waals surface area contributed by atoms with Crippen molar-refractivity contribution in [2.75, 3.05) is 0 Å². The zero-order chi connectivity index (χ0) is 11.9. The van der Waals surface area contributed by atoms with Gasteiger partial charge in [-0.25, -0.2) is 4.98 Å². The summed E-state index contributed by atoms with van der Waals surface area (Å²) in [5, 5.41) is 0.757. The topological polar surface area (TPSA) is 34.9 Å². The molecule has 0 radical (unpaired) electrons. The summed E-state index contributed by atoms with van der Waals surface area (Å²) in [6, 6.07) is 3.94. The summed E-state index contributed by atoms with van der Waals surface area (Å²) in [6.07, 6.45) is 0. The van der Waals surface area contributed by atoms with Crippen LogP contribution >= 0.6 is 0 Å². The van der Waals surface area contributed by atoms with Gasteiger partial charge in [-0.05, 0) is 44.9 Å². The van der Waals surface area contributed by atoms with Gasteiger partial charge in [0.05, 0.1) is 10.9 Å². The summed E-state index contributed by atoms with van der Waals surface area (Å²) < 4.78 is 1.72. The molecular formula is C13H16N2O. The third-order valence-electron chi connectivity index (χ3n) is 3.16. The van der Waals surface area contributed by atoms with E-state index in [0.29, 0.717) is 6.54 Å². The second kappa shape index (κ2) is 3.74. The zero-order valence-electron chi connectivity index (χ0n) is 10.2. The molecule has 1 heterocycles. The number of hydrogen-bond donors (Lipinski definition) is 0. The third kappa shape index (κ3) is 1.43. The van der Waals surface area contributed by atoms with Crippen LogP contribution in [-0.4, -0.2) is 9.55 Å². The average molecular weight is 216 g/mol. The Labute approximate surface area is 94.7 Å². The molecule has 1 aromatic carbocycles. The highest BCUT2D eigenvalue weighted by Crippen LogP contribution is 2.16. The molecule has 0 aliphatic heterocycles. The predicted octanol–water partition coefficient (Wildman–Crippen LogP) is 2.34. The van der Waals surface area contributed by atoms with Crippen LogP contribution in [0.25, 0.3) is 10.9 Å². The van der Waals surface area contributed by atoms with Crippen molar-refractivity contribution in [3.05, 3.63) is 39.4 Å². The number of benzene rings is 1. The normalized spacial score (nSPS) is 11.0. The van der Waals surface area contributed by atoms with Crippen LogP contribution in [-0.2, 0) is 6.54 Å². The van der Waals surface area contributed by atoms with Crippen LogP contribution in [0.2, 0.25) is 0 Å². The van der Waals surface area contributed by atoms with Gasteiger partial charge in [0.15, 0.2) is 0 Å². The maximum atomic E-state index is 12.3. The van der Waals surface area contributed by atoms with E-state index >= 15 is 0 Å². The van der Waals surface area contributed by atoms with Crippen LogP contribution < -0.4 is 5.56 Å². The third-order valence-corrected chi connectivity index (χ3v) is 3.16. The second-order valence-corrected chi connectivity index (χ2v) is 4.11. The van der Waals surface area contributed by atoms with Gasteiger partial charge in [-0.2, -0.15) is 0 Å². The van der Waals surface area contributed by atoms with Crippen molar-refractivity contribution in [1.29, 1.82) is 0 Å². The van der Waals surface area contributed by atoms with Gasteiger partial charge >= 0.3 is 0 Å². The molecule has 0 aliphatic carbocycles. The fraction of sp³-hybridized carbons (Fsp3) is 0.385. The molecule has 16 heavy (non-hydrogen) atoms. The number of aromatic nitrogens is 2. The molecule has 0 unspecified atom stereocenters. The van der Waals surface area contributed by atoms with Crippen molar-refractivity contribution in [2.24, 2.45) is 0 Å². The maximum Gasteiger partial charge on any atom is 0.261 e. The van der Waals surface area contributed by atoms with E-state index in [4.69, 9.17) is 0 Å². The van der Waals surface area contributed by atoms with Crippen molar-refractivity contribution < 1.29 is 0 Å². The fourth-order valence-electron chi connectivity index (χ4n) is 2.05. The van der Waals surface area contributed by atoms with Crippen molar-refractivity contribution >= 4 is 10.9 Å². The minimum Gasteiger partial charge on any atom is -0.297 e. The van der Waals surface area contributed by atoms with Crippen molar-refractivity contribution in [3.8, 4) is 0 Å². The fourth-order valence-corrected chi connectivity index (χ4v) is 2.05. The van der Waals surface area contributed by atoms with E-state index in [0.717, 1.165) is 27.9 Å². The van der Waals surface area contributed by atoms with Crippen molar-refractivity contribution in [3.63, 3.8) is 0 Å². The number of nitrogens with zero attached hydrogens (tertiary/aromatic N) is 2. The second-order valence-electron chi connectivity index (χ2n) is 4.11. The molecule has 0 saturated carbocycles.